The van der Waals surface area contributed by atoms with Crippen LogP contribution in [0, 0.1) is 0 Å². The fraction of sp³-hybridized carbons (Fsp3) is 0.636. The first-order valence-electron chi connectivity index (χ1n) is 5.66. The number of carbonyl (C=O) groups excluding carboxylic acids is 1. The molecule has 0 aliphatic rings. The van der Waals surface area contributed by atoms with Gasteiger partial charge in [-0.3, -0.25) is 4.79 Å². The van der Waals surface area contributed by atoms with Gasteiger partial charge in [-0.25, -0.2) is 4.98 Å². The Hall–Kier alpha value is -1.36. The third-order valence-corrected chi connectivity index (χ3v) is 2.46. The lowest BCUT2D eigenvalue weighted by Crippen LogP contribution is -2.40. The first-order chi connectivity index (χ1) is 7.67. The molecule has 16 heavy (non-hydrogen) atoms. The molecule has 0 saturated carbocycles. The molecular weight excluding hydrogens is 204 g/mol. The minimum atomic E-state index is -0.146. The molecule has 1 rings (SSSR count). The summed E-state index contributed by atoms with van der Waals surface area (Å²) >= 11 is 0. The first-order valence-corrected chi connectivity index (χ1v) is 5.66. The number of amides is 1. The van der Waals surface area contributed by atoms with E-state index in [9.17, 15) is 4.79 Å². The molecule has 3 N–H and O–H groups in total. The van der Waals surface area contributed by atoms with E-state index in [-0.39, 0.29) is 11.9 Å². The van der Waals surface area contributed by atoms with Crippen molar-refractivity contribution in [2.24, 2.45) is 12.8 Å². The predicted molar refractivity (Wildman–Crippen MR) is 63.0 cm³/mol. The van der Waals surface area contributed by atoms with Crippen LogP contribution in [0.2, 0.25) is 0 Å². The summed E-state index contributed by atoms with van der Waals surface area (Å²) in [4.78, 5) is 15.7. The number of hydrogen-bond donors (Lipinski definition) is 2. The molecule has 1 heterocycles. The van der Waals surface area contributed by atoms with E-state index in [0.717, 1.165) is 19.3 Å². The van der Waals surface area contributed by atoms with Crippen molar-refractivity contribution >= 4 is 5.91 Å². The molecule has 5 nitrogen and oxygen atoms in total. The Balaban J connectivity index is 2.48. The van der Waals surface area contributed by atoms with Crippen molar-refractivity contribution in [2.45, 2.75) is 32.2 Å². The fourth-order valence-electron chi connectivity index (χ4n) is 1.49. The number of nitrogens with two attached hydrogens (primary N) is 1. The van der Waals surface area contributed by atoms with E-state index < -0.39 is 0 Å². The van der Waals surface area contributed by atoms with Crippen LogP contribution in [0.25, 0.3) is 0 Å². The van der Waals surface area contributed by atoms with Gasteiger partial charge < -0.3 is 15.6 Å². The zero-order chi connectivity index (χ0) is 12.0. The predicted octanol–water partition coefficient (Wildman–Crippen LogP) is 0.667. The number of hydrogen-bond acceptors (Lipinski definition) is 3. The smallest absolute Gasteiger partial charge is 0.271 e. The van der Waals surface area contributed by atoms with Crippen LogP contribution in [0.3, 0.4) is 0 Å². The van der Waals surface area contributed by atoms with Gasteiger partial charge in [0.15, 0.2) is 0 Å². The summed E-state index contributed by atoms with van der Waals surface area (Å²) in [6.07, 6.45) is 6.41. The van der Waals surface area contributed by atoms with Crippen LogP contribution < -0.4 is 11.1 Å². The molecule has 0 aliphatic heterocycles. The van der Waals surface area contributed by atoms with Crippen molar-refractivity contribution in [2.75, 3.05) is 6.54 Å². The van der Waals surface area contributed by atoms with E-state index in [1.165, 1.54) is 0 Å². The highest BCUT2D eigenvalue weighted by Crippen LogP contribution is 2.01. The highest BCUT2D eigenvalue weighted by Gasteiger charge is 2.13. The molecule has 0 spiro atoms. The SMILES string of the molecule is CCCCC(CN)NC(=O)c1cn(C)cn1. The summed E-state index contributed by atoms with van der Waals surface area (Å²) in [5.41, 5.74) is 6.05. The van der Waals surface area contributed by atoms with Gasteiger partial charge >= 0.3 is 0 Å². The molecule has 1 unspecified atom stereocenters. The van der Waals surface area contributed by atoms with Gasteiger partial charge in [-0.05, 0) is 6.42 Å². The molecule has 0 fully saturated rings. The second kappa shape index (κ2) is 6.27. The Labute approximate surface area is 96.0 Å². The van der Waals surface area contributed by atoms with E-state index in [1.54, 1.807) is 17.1 Å². The summed E-state index contributed by atoms with van der Waals surface area (Å²) in [5, 5.41) is 2.89. The van der Waals surface area contributed by atoms with Gasteiger partial charge in [0.2, 0.25) is 0 Å². The van der Waals surface area contributed by atoms with Crippen LogP contribution in [0.5, 0.6) is 0 Å². The van der Waals surface area contributed by atoms with Gasteiger partial charge in [0.1, 0.15) is 5.69 Å². The topological polar surface area (TPSA) is 72.9 Å². The Kier molecular flexibility index (Phi) is 4.98. The number of carbonyl (C=O) groups is 1. The molecule has 0 bridgehead atoms. The summed E-state index contributed by atoms with van der Waals surface area (Å²) in [6.45, 7) is 2.59. The van der Waals surface area contributed by atoms with Crippen LogP contribution in [-0.2, 0) is 7.05 Å². The number of aryl methyl sites for hydroxylation is 1. The maximum absolute atomic E-state index is 11.7. The first kappa shape index (κ1) is 12.7. The Bertz CT molecular complexity index is 334. The lowest BCUT2D eigenvalue weighted by atomic mass is 10.1. The van der Waals surface area contributed by atoms with Crippen LogP contribution in [0.15, 0.2) is 12.5 Å². The van der Waals surface area contributed by atoms with Crippen molar-refractivity contribution in [3.63, 3.8) is 0 Å². The molecule has 5 heteroatoms. The molecule has 90 valence electrons. The van der Waals surface area contributed by atoms with Gasteiger partial charge in [-0.1, -0.05) is 19.8 Å². The molecule has 1 amide bonds. The second-order valence-corrected chi connectivity index (χ2v) is 3.97. The number of imidazole rings is 1. The molecule has 1 atom stereocenters. The Morgan fingerprint density at radius 3 is 2.94 bits per heavy atom. The van der Waals surface area contributed by atoms with Crippen LogP contribution in [-0.4, -0.2) is 28.0 Å². The maximum atomic E-state index is 11.7. The third-order valence-electron chi connectivity index (χ3n) is 2.46. The monoisotopic (exact) mass is 224 g/mol. The van der Waals surface area contributed by atoms with E-state index in [2.05, 4.69) is 17.2 Å². The van der Waals surface area contributed by atoms with Crippen molar-refractivity contribution in [3.05, 3.63) is 18.2 Å². The lowest BCUT2D eigenvalue weighted by molar-refractivity contribution is 0.0931. The van der Waals surface area contributed by atoms with Crippen LogP contribution >= 0.6 is 0 Å². The molecule has 0 aromatic carbocycles. The van der Waals surface area contributed by atoms with Gasteiger partial charge in [-0.2, -0.15) is 0 Å². The Morgan fingerprint density at radius 1 is 1.69 bits per heavy atom. The quantitative estimate of drug-likeness (QED) is 0.746. The average molecular weight is 224 g/mol. The number of nitrogens with zero attached hydrogens (tertiary/aromatic N) is 2. The van der Waals surface area contributed by atoms with E-state index in [4.69, 9.17) is 5.73 Å². The fourth-order valence-corrected chi connectivity index (χ4v) is 1.49. The van der Waals surface area contributed by atoms with Crippen molar-refractivity contribution in [1.82, 2.24) is 14.9 Å². The van der Waals surface area contributed by atoms with Gasteiger partial charge in [-0.15, -0.1) is 0 Å². The molecule has 1 aromatic rings. The molecule has 0 radical (unpaired) electrons. The number of unbranched alkanes of at least 4 members (excludes halogenated alkanes) is 1. The van der Waals surface area contributed by atoms with Gasteiger partial charge in [0.05, 0.1) is 6.33 Å². The highest BCUT2D eigenvalue weighted by molar-refractivity contribution is 5.92. The van der Waals surface area contributed by atoms with E-state index >= 15 is 0 Å². The Morgan fingerprint density at radius 2 is 2.44 bits per heavy atom. The zero-order valence-electron chi connectivity index (χ0n) is 9.94. The lowest BCUT2D eigenvalue weighted by Gasteiger charge is -2.15. The summed E-state index contributed by atoms with van der Waals surface area (Å²) in [5.74, 6) is -0.146. The molecular formula is C11H20N4O. The molecule has 0 aliphatic carbocycles. The van der Waals surface area contributed by atoms with Crippen molar-refractivity contribution in [1.29, 1.82) is 0 Å². The molecule has 0 saturated heterocycles. The molecule has 1 aromatic heterocycles. The summed E-state index contributed by atoms with van der Waals surface area (Å²) < 4.78 is 1.75. The zero-order valence-corrected chi connectivity index (χ0v) is 9.94. The van der Waals surface area contributed by atoms with E-state index in [1.807, 2.05) is 7.05 Å². The normalized spacial score (nSPS) is 12.4. The largest absolute Gasteiger partial charge is 0.347 e. The second-order valence-electron chi connectivity index (χ2n) is 3.97. The van der Waals surface area contributed by atoms with Crippen LogP contribution in [0.4, 0.5) is 0 Å². The summed E-state index contributed by atoms with van der Waals surface area (Å²) in [6, 6.07) is 0.0504. The number of aromatic nitrogens is 2. The number of nitrogens with one attached hydrogen (secondary N) is 1. The van der Waals surface area contributed by atoms with Gasteiger partial charge in [0.25, 0.3) is 5.91 Å². The van der Waals surface area contributed by atoms with E-state index in [0.29, 0.717) is 12.2 Å². The van der Waals surface area contributed by atoms with Crippen molar-refractivity contribution < 1.29 is 4.79 Å². The van der Waals surface area contributed by atoms with Crippen molar-refractivity contribution in [3.8, 4) is 0 Å². The highest BCUT2D eigenvalue weighted by atomic mass is 16.2. The standard InChI is InChI=1S/C11H20N4O/c1-3-4-5-9(6-12)14-11(16)10-7-15(2)8-13-10/h7-9H,3-6,12H2,1-2H3,(H,14,16). The van der Waals surface area contributed by atoms with Gasteiger partial charge in [0, 0.05) is 25.8 Å². The number of rotatable bonds is 6. The summed E-state index contributed by atoms with van der Waals surface area (Å²) in [7, 11) is 1.83. The third kappa shape index (κ3) is 3.66. The average Bonchev–Trinajstić information content (AvgIpc) is 2.70. The maximum Gasteiger partial charge on any atom is 0.271 e. The van der Waals surface area contributed by atoms with Crippen LogP contribution in [0.1, 0.15) is 36.7 Å². The minimum absolute atomic E-state index is 0.0504. The minimum Gasteiger partial charge on any atom is -0.347 e.